The van der Waals surface area contributed by atoms with Crippen LogP contribution in [-0.4, -0.2) is 20.8 Å². The molecule has 1 aromatic carbocycles. The van der Waals surface area contributed by atoms with Crippen molar-refractivity contribution in [3.8, 4) is 17.6 Å². The van der Waals surface area contributed by atoms with Crippen LogP contribution in [0.2, 0.25) is 5.02 Å². The minimum atomic E-state index is -0.0133. The third-order valence-electron chi connectivity index (χ3n) is 2.49. The summed E-state index contributed by atoms with van der Waals surface area (Å²) < 4.78 is 10.4. The van der Waals surface area contributed by atoms with Crippen LogP contribution in [0.25, 0.3) is 0 Å². The molecule has 1 aromatic rings. The van der Waals surface area contributed by atoms with Gasteiger partial charge in [0.2, 0.25) is 0 Å². The van der Waals surface area contributed by atoms with Crippen molar-refractivity contribution in [2.24, 2.45) is 5.92 Å². The standard InChI is InChI=1S/C13H17ClN2O2/c1-9(6-15)7-16-8-10-4-11(14)13(18-3)12(5-10)17-2/h4-5,9,16H,7-8H2,1-3H3. The van der Waals surface area contributed by atoms with E-state index in [-0.39, 0.29) is 5.92 Å². The van der Waals surface area contributed by atoms with Crippen LogP contribution in [0.5, 0.6) is 11.5 Å². The van der Waals surface area contributed by atoms with Gasteiger partial charge in [-0.3, -0.25) is 0 Å². The number of benzene rings is 1. The molecule has 0 bridgehead atoms. The summed E-state index contributed by atoms with van der Waals surface area (Å²) in [6.45, 7) is 3.14. The molecular formula is C13H17ClN2O2. The molecule has 0 saturated carbocycles. The summed E-state index contributed by atoms with van der Waals surface area (Å²) in [5.41, 5.74) is 0.989. The molecule has 0 aliphatic rings. The van der Waals surface area contributed by atoms with Crippen molar-refractivity contribution in [3.63, 3.8) is 0 Å². The first-order valence-corrected chi connectivity index (χ1v) is 6.00. The minimum absolute atomic E-state index is 0.0133. The molecule has 1 N–H and O–H groups in total. The van der Waals surface area contributed by atoms with E-state index in [2.05, 4.69) is 11.4 Å². The van der Waals surface area contributed by atoms with Gasteiger partial charge in [-0.1, -0.05) is 11.6 Å². The van der Waals surface area contributed by atoms with Gasteiger partial charge in [0.15, 0.2) is 11.5 Å². The van der Waals surface area contributed by atoms with E-state index in [9.17, 15) is 0 Å². The van der Waals surface area contributed by atoms with E-state index in [4.69, 9.17) is 26.3 Å². The minimum Gasteiger partial charge on any atom is -0.493 e. The molecule has 1 rings (SSSR count). The van der Waals surface area contributed by atoms with Gasteiger partial charge in [0.05, 0.1) is 31.2 Å². The fourth-order valence-electron chi connectivity index (χ4n) is 1.55. The molecule has 1 unspecified atom stereocenters. The van der Waals surface area contributed by atoms with Gasteiger partial charge in [-0.25, -0.2) is 0 Å². The molecule has 0 aliphatic heterocycles. The van der Waals surface area contributed by atoms with Gasteiger partial charge in [0, 0.05) is 13.1 Å². The van der Waals surface area contributed by atoms with Gasteiger partial charge in [0.1, 0.15) is 0 Å². The molecule has 5 heteroatoms. The van der Waals surface area contributed by atoms with E-state index in [0.717, 1.165) is 5.56 Å². The highest BCUT2D eigenvalue weighted by atomic mass is 35.5. The largest absolute Gasteiger partial charge is 0.493 e. The summed E-state index contributed by atoms with van der Waals surface area (Å²) in [5.74, 6) is 1.13. The predicted octanol–water partition coefficient (Wildman–Crippen LogP) is 2.61. The van der Waals surface area contributed by atoms with Gasteiger partial charge in [-0.15, -0.1) is 0 Å². The van der Waals surface area contributed by atoms with Crippen molar-refractivity contribution >= 4 is 11.6 Å². The Kier molecular flexibility index (Phi) is 5.76. The van der Waals surface area contributed by atoms with E-state index < -0.39 is 0 Å². The highest BCUT2D eigenvalue weighted by Crippen LogP contribution is 2.35. The second-order valence-corrected chi connectivity index (χ2v) is 4.38. The quantitative estimate of drug-likeness (QED) is 0.862. The molecule has 0 aromatic heterocycles. The van der Waals surface area contributed by atoms with E-state index in [1.165, 1.54) is 0 Å². The lowest BCUT2D eigenvalue weighted by Crippen LogP contribution is -2.19. The van der Waals surface area contributed by atoms with Crippen LogP contribution in [0.15, 0.2) is 12.1 Å². The molecule has 1 atom stereocenters. The van der Waals surface area contributed by atoms with Crippen LogP contribution in [0.4, 0.5) is 0 Å². The van der Waals surface area contributed by atoms with Crippen LogP contribution in [-0.2, 0) is 6.54 Å². The van der Waals surface area contributed by atoms with Crippen LogP contribution < -0.4 is 14.8 Å². The van der Waals surface area contributed by atoms with Crippen molar-refractivity contribution in [2.45, 2.75) is 13.5 Å². The number of methoxy groups -OCH3 is 2. The second kappa shape index (κ2) is 7.10. The zero-order valence-electron chi connectivity index (χ0n) is 10.8. The lowest BCUT2D eigenvalue weighted by atomic mass is 10.1. The third-order valence-corrected chi connectivity index (χ3v) is 2.77. The fourth-order valence-corrected chi connectivity index (χ4v) is 1.86. The monoisotopic (exact) mass is 268 g/mol. The zero-order valence-corrected chi connectivity index (χ0v) is 11.5. The SMILES string of the molecule is COc1cc(CNCC(C)C#N)cc(Cl)c1OC. The zero-order chi connectivity index (χ0) is 13.5. The number of hydrogen-bond acceptors (Lipinski definition) is 4. The Labute approximate surface area is 112 Å². The number of halogens is 1. The van der Waals surface area contributed by atoms with Gasteiger partial charge >= 0.3 is 0 Å². The Balaban J connectivity index is 2.73. The smallest absolute Gasteiger partial charge is 0.179 e. The molecule has 98 valence electrons. The highest BCUT2D eigenvalue weighted by Gasteiger charge is 2.10. The first kappa shape index (κ1) is 14.6. The number of ether oxygens (including phenoxy) is 2. The van der Waals surface area contributed by atoms with Crippen LogP contribution in [0.1, 0.15) is 12.5 Å². The molecule has 4 nitrogen and oxygen atoms in total. The molecule has 0 radical (unpaired) electrons. The first-order valence-electron chi connectivity index (χ1n) is 5.63. The number of nitriles is 1. The second-order valence-electron chi connectivity index (χ2n) is 3.97. The lowest BCUT2D eigenvalue weighted by Gasteiger charge is -2.12. The Bertz CT molecular complexity index is 443. The molecule has 0 heterocycles. The van der Waals surface area contributed by atoms with Crippen molar-refractivity contribution in [1.29, 1.82) is 5.26 Å². The molecular weight excluding hydrogens is 252 g/mol. The Morgan fingerprint density at radius 1 is 1.39 bits per heavy atom. The molecule has 18 heavy (non-hydrogen) atoms. The maximum Gasteiger partial charge on any atom is 0.179 e. The number of hydrogen-bond donors (Lipinski definition) is 1. The average Bonchev–Trinajstić information content (AvgIpc) is 2.37. The van der Waals surface area contributed by atoms with Gasteiger partial charge in [-0.05, 0) is 24.6 Å². The van der Waals surface area contributed by atoms with Crippen LogP contribution >= 0.6 is 11.6 Å². The normalized spacial score (nSPS) is 11.7. The summed E-state index contributed by atoms with van der Waals surface area (Å²) >= 11 is 6.10. The summed E-state index contributed by atoms with van der Waals surface area (Å²) in [5, 5.41) is 12.4. The summed E-state index contributed by atoms with van der Waals surface area (Å²) in [6.07, 6.45) is 0. The molecule has 0 saturated heterocycles. The summed E-state index contributed by atoms with van der Waals surface area (Å²) in [4.78, 5) is 0. The van der Waals surface area contributed by atoms with Crippen molar-refractivity contribution in [3.05, 3.63) is 22.7 Å². The van der Waals surface area contributed by atoms with Gasteiger partial charge in [-0.2, -0.15) is 5.26 Å². The first-order chi connectivity index (χ1) is 8.62. The molecule has 0 fully saturated rings. The van der Waals surface area contributed by atoms with E-state index >= 15 is 0 Å². The van der Waals surface area contributed by atoms with E-state index in [1.54, 1.807) is 14.2 Å². The number of nitrogens with zero attached hydrogens (tertiary/aromatic N) is 1. The van der Waals surface area contributed by atoms with Crippen LogP contribution in [0.3, 0.4) is 0 Å². The van der Waals surface area contributed by atoms with E-state index in [0.29, 0.717) is 29.6 Å². The topological polar surface area (TPSA) is 54.3 Å². The summed E-state index contributed by atoms with van der Waals surface area (Å²) in [7, 11) is 3.12. The van der Waals surface area contributed by atoms with Crippen LogP contribution in [0, 0.1) is 17.2 Å². The number of nitrogens with one attached hydrogen (secondary N) is 1. The molecule has 0 aliphatic carbocycles. The van der Waals surface area contributed by atoms with Gasteiger partial charge < -0.3 is 14.8 Å². The maximum atomic E-state index is 8.68. The fraction of sp³-hybridized carbons (Fsp3) is 0.462. The van der Waals surface area contributed by atoms with Crippen molar-refractivity contribution in [2.75, 3.05) is 20.8 Å². The Hall–Kier alpha value is -1.44. The highest BCUT2D eigenvalue weighted by molar-refractivity contribution is 6.32. The van der Waals surface area contributed by atoms with Crippen molar-refractivity contribution < 1.29 is 9.47 Å². The Morgan fingerprint density at radius 3 is 2.67 bits per heavy atom. The van der Waals surface area contributed by atoms with E-state index in [1.807, 2.05) is 19.1 Å². The van der Waals surface area contributed by atoms with Gasteiger partial charge in [0.25, 0.3) is 0 Å². The molecule has 0 amide bonds. The maximum absolute atomic E-state index is 8.68. The third kappa shape index (κ3) is 3.80. The Morgan fingerprint density at radius 2 is 2.11 bits per heavy atom. The average molecular weight is 269 g/mol. The summed E-state index contributed by atoms with van der Waals surface area (Å²) in [6, 6.07) is 5.87. The van der Waals surface area contributed by atoms with Crippen molar-refractivity contribution in [1.82, 2.24) is 5.32 Å². The number of rotatable bonds is 6. The molecule has 0 spiro atoms. The lowest BCUT2D eigenvalue weighted by molar-refractivity contribution is 0.354. The predicted molar refractivity (Wildman–Crippen MR) is 71.0 cm³/mol.